The molecule has 0 atom stereocenters. The second kappa shape index (κ2) is 10.3. The zero-order valence-electron chi connectivity index (χ0n) is 26.1. The predicted octanol–water partition coefficient (Wildman–Crippen LogP) is 9.46. The van der Waals surface area contributed by atoms with Gasteiger partial charge in [-0.25, -0.2) is 0 Å². The van der Waals surface area contributed by atoms with E-state index in [1.807, 2.05) is 24.3 Å². The minimum Gasteiger partial charge on any atom is -0.309 e. The number of benzene rings is 5. The summed E-state index contributed by atoms with van der Waals surface area (Å²) in [5, 5.41) is 2.49. The van der Waals surface area contributed by atoms with E-state index in [9.17, 15) is 9.59 Å². The van der Waals surface area contributed by atoms with Crippen LogP contribution in [0.4, 0.5) is 0 Å². The molecule has 2 aromatic heterocycles. The van der Waals surface area contributed by atoms with Gasteiger partial charge >= 0.3 is 0 Å². The first kappa shape index (κ1) is 27.8. The van der Waals surface area contributed by atoms with Crippen LogP contribution in [-0.4, -0.2) is 9.13 Å². The molecule has 0 spiro atoms. The topological polar surface area (TPSA) is 44.0 Å². The van der Waals surface area contributed by atoms with Crippen molar-refractivity contribution in [2.75, 3.05) is 0 Å². The molecule has 7 aromatic rings. The van der Waals surface area contributed by atoms with E-state index in [1.54, 1.807) is 0 Å². The zero-order valence-corrected chi connectivity index (χ0v) is 26.1. The summed E-state index contributed by atoms with van der Waals surface area (Å²) in [6.07, 6.45) is 0. The molecule has 0 saturated carbocycles. The van der Waals surface area contributed by atoms with Crippen molar-refractivity contribution in [3.8, 4) is 11.4 Å². The predicted molar refractivity (Wildman–Crippen MR) is 185 cm³/mol. The lowest BCUT2D eigenvalue weighted by molar-refractivity contribution is 0.867. The van der Waals surface area contributed by atoms with Crippen molar-refractivity contribution in [3.63, 3.8) is 0 Å². The van der Waals surface area contributed by atoms with Gasteiger partial charge in [-0.3, -0.25) is 9.59 Å². The zero-order chi connectivity index (χ0) is 30.9. The summed E-state index contributed by atoms with van der Waals surface area (Å²) in [7, 11) is 0. The van der Waals surface area contributed by atoms with Crippen LogP contribution in [0.5, 0.6) is 0 Å². The number of hydrogen-bond acceptors (Lipinski definition) is 2. The molecule has 0 amide bonds. The number of fused-ring (bicyclic) bond motifs is 4. The van der Waals surface area contributed by atoms with Crippen LogP contribution in [0.1, 0.15) is 61.8 Å². The fourth-order valence-electron chi connectivity index (χ4n) is 6.37. The quantitative estimate of drug-likeness (QED) is 0.196. The molecular weight excluding hydrogens is 540 g/mol. The van der Waals surface area contributed by atoms with E-state index >= 15 is 0 Å². The van der Waals surface area contributed by atoms with E-state index in [-0.39, 0.29) is 10.9 Å². The summed E-state index contributed by atoms with van der Waals surface area (Å²) in [5.41, 5.74) is 9.61. The molecule has 44 heavy (non-hydrogen) atoms. The number of hydrogen-bond donors (Lipinski definition) is 0. The maximum atomic E-state index is 14.3. The molecule has 0 aliphatic carbocycles. The van der Waals surface area contributed by atoms with Crippen LogP contribution in [0.2, 0.25) is 0 Å². The monoisotopic (exact) mass is 576 g/mol. The summed E-state index contributed by atoms with van der Waals surface area (Å²) >= 11 is 0. The van der Waals surface area contributed by atoms with Crippen LogP contribution in [0.3, 0.4) is 0 Å². The Balaban J connectivity index is 1.72. The highest BCUT2D eigenvalue weighted by molar-refractivity contribution is 6.05. The number of nitrogens with zero attached hydrogens (tertiary/aromatic N) is 2. The second-order valence-corrected chi connectivity index (χ2v) is 12.7. The van der Waals surface area contributed by atoms with Gasteiger partial charge in [-0.05, 0) is 97.5 Å². The van der Waals surface area contributed by atoms with Crippen molar-refractivity contribution < 1.29 is 0 Å². The fourth-order valence-corrected chi connectivity index (χ4v) is 6.37. The molecule has 0 fully saturated rings. The van der Waals surface area contributed by atoms with E-state index < -0.39 is 0 Å². The maximum Gasteiger partial charge on any atom is 0.197 e. The first-order valence-electron chi connectivity index (χ1n) is 15.4. The Hall–Kier alpha value is -4.96. The van der Waals surface area contributed by atoms with Gasteiger partial charge in [0.1, 0.15) is 0 Å². The number of rotatable bonds is 4. The molecule has 4 nitrogen and oxygen atoms in total. The number of aryl methyl sites for hydroxylation is 2. The average Bonchev–Trinajstić information content (AvgIpc) is 3.02. The third kappa shape index (κ3) is 4.36. The highest BCUT2D eigenvalue weighted by Crippen LogP contribution is 2.32. The van der Waals surface area contributed by atoms with E-state index in [0.29, 0.717) is 33.4 Å². The lowest BCUT2D eigenvalue weighted by atomic mass is 9.98. The molecule has 5 aromatic carbocycles. The SMILES string of the molecule is Cc1ccc(-n2c3cc(C(C)C)ccc3c(=O)c3cc4c(cc32)c(=O)c2ccc(C(C)C)cc2n4-c2ccc(C)cc2)cc1. The molecule has 4 heteroatoms. The number of pyridine rings is 2. The summed E-state index contributed by atoms with van der Waals surface area (Å²) in [6.45, 7) is 12.8. The lowest BCUT2D eigenvalue weighted by Crippen LogP contribution is -2.15. The molecule has 218 valence electrons. The molecule has 0 radical (unpaired) electrons. The maximum absolute atomic E-state index is 14.3. The van der Waals surface area contributed by atoms with E-state index in [4.69, 9.17) is 0 Å². The highest BCUT2D eigenvalue weighted by atomic mass is 16.1. The van der Waals surface area contributed by atoms with Gasteiger partial charge < -0.3 is 9.13 Å². The highest BCUT2D eigenvalue weighted by Gasteiger charge is 2.19. The Morgan fingerprint density at radius 2 is 0.773 bits per heavy atom. The molecular formula is C40H36N2O2. The van der Waals surface area contributed by atoms with Crippen LogP contribution < -0.4 is 10.9 Å². The molecule has 0 bridgehead atoms. The Morgan fingerprint density at radius 3 is 1.11 bits per heavy atom. The third-order valence-electron chi connectivity index (χ3n) is 9.02. The minimum atomic E-state index is -0.0329. The second-order valence-electron chi connectivity index (χ2n) is 12.7. The summed E-state index contributed by atoms with van der Waals surface area (Å²) in [5.74, 6) is 0.606. The smallest absolute Gasteiger partial charge is 0.197 e. The fraction of sp³-hybridized carbons (Fsp3) is 0.200. The summed E-state index contributed by atoms with van der Waals surface area (Å²) in [6, 6.07) is 32.9. The van der Waals surface area contributed by atoms with Gasteiger partial charge in [0.15, 0.2) is 10.9 Å². The Kier molecular flexibility index (Phi) is 6.55. The van der Waals surface area contributed by atoms with Crippen LogP contribution in [0.15, 0.2) is 107 Å². The van der Waals surface area contributed by atoms with Crippen LogP contribution in [0, 0.1) is 13.8 Å². The van der Waals surface area contributed by atoms with Crippen molar-refractivity contribution in [1.29, 1.82) is 0 Å². The van der Waals surface area contributed by atoms with Crippen LogP contribution in [-0.2, 0) is 0 Å². The molecule has 0 aliphatic rings. The number of aromatic nitrogens is 2. The standard InChI is InChI=1S/C40H36N2O2/c1-23(2)27-11-17-31-35(19-27)41(29-13-7-25(5)8-14-29)37-21-34-38(22-33(37)39(31)43)42(30-15-9-26(6)10-16-30)36-20-28(24(3)4)12-18-32(36)40(34)44/h7-24H,1-6H3. The van der Waals surface area contributed by atoms with Gasteiger partial charge in [0.05, 0.1) is 22.1 Å². The van der Waals surface area contributed by atoms with E-state index in [1.165, 1.54) is 0 Å². The molecule has 0 N–H and O–H groups in total. The molecule has 0 aliphatic heterocycles. The van der Waals surface area contributed by atoms with Crippen molar-refractivity contribution in [3.05, 3.63) is 140 Å². The normalized spacial score (nSPS) is 12.0. The summed E-state index contributed by atoms with van der Waals surface area (Å²) in [4.78, 5) is 28.7. The Morgan fingerprint density at radius 1 is 0.432 bits per heavy atom. The van der Waals surface area contributed by atoms with Crippen LogP contribution >= 0.6 is 0 Å². The van der Waals surface area contributed by atoms with Gasteiger partial charge in [0.25, 0.3) is 0 Å². The Labute approximate surface area is 256 Å². The lowest BCUT2D eigenvalue weighted by Gasteiger charge is -2.20. The van der Waals surface area contributed by atoms with E-state index in [2.05, 4.69) is 123 Å². The van der Waals surface area contributed by atoms with Gasteiger partial charge in [-0.1, -0.05) is 75.2 Å². The largest absolute Gasteiger partial charge is 0.309 e. The molecule has 7 rings (SSSR count). The minimum absolute atomic E-state index is 0.0329. The van der Waals surface area contributed by atoms with Crippen molar-refractivity contribution in [2.45, 2.75) is 53.4 Å². The third-order valence-corrected chi connectivity index (χ3v) is 9.02. The van der Waals surface area contributed by atoms with Crippen LogP contribution in [0.25, 0.3) is 55.0 Å². The average molecular weight is 577 g/mol. The first-order chi connectivity index (χ1) is 21.1. The van der Waals surface area contributed by atoms with E-state index in [0.717, 1.165) is 55.7 Å². The van der Waals surface area contributed by atoms with Gasteiger partial charge in [-0.15, -0.1) is 0 Å². The van der Waals surface area contributed by atoms with Crippen molar-refractivity contribution >= 4 is 43.6 Å². The first-order valence-corrected chi connectivity index (χ1v) is 15.4. The summed E-state index contributed by atoms with van der Waals surface area (Å²) < 4.78 is 4.30. The van der Waals surface area contributed by atoms with Gasteiger partial charge in [-0.2, -0.15) is 0 Å². The molecule has 2 heterocycles. The van der Waals surface area contributed by atoms with Gasteiger partial charge in [0, 0.05) is 32.9 Å². The van der Waals surface area contributed by atoms with Crippen molar-refractivity contribution in [1.82, 2.24) is 9.13 Å². The van der Waals surface area contributed by atoms with Gasteiger partial charge in [0.2, 0.25) is 0 Å². The van der Waals surface area contributed by atoms with Crippen molar-refractivity contribution in [2.24, 2.45) is 0 Å². The Bertz CT molecular complexity index is 2200. The molecule has 0 unspecified atom stereocenters. The molecule has 0 saturated heterocycles.